The van der Waals surface area contributed by atoms with E-state index in [1.165, 1.54) is 0 Å². The predicted octanol–water partition coefficient (Wildman–Crippen LogP) is 3.89. The summed E-state index contributed by atoms with van der Waals surface area (Å²) in [5.74, 6) is 0.517. The lowest BCUT2D eigenvalue weighted by Gasteiger charge is -2.22. The number of halogens is 1. The number of anilines is 1. The number of carbonyl (C=O) groups excluding carboxylic acids is 1. The lowest BCUT2D eigenvalue weighted by atomic mass is 9.88. The number of rotatable bonds is 5. The van der Waals surface area contributed by atoms with Crippen LogP contribution in [-0.2, 0) is 4.79 Å². The first-order valence-corrected chi connectivity index (χ1v) is 6.04. The summed E-state index contributed by atoms with van der Waals surface area (Å²) in [4.78, 5) is 12.1. The number of allylic oxidation sites excluding steroid dienone is 1. The zero-order valence-corrected chi connectivity index (χ0v) is 11.7. The molecule has 0 radical (unpaired) electrons. The monoisotopic (exact) mass is 267 g/mol. The van der Waals surface area contributed by atoms with Crippen molar-refractivity contribution in [3.05, 3.63) is 35.9 Å². The maximum Gasteiger partial charge on any atom is 0.230 e. The van der Waals surface area contributed by atoms with E-state index in [0.717, 1.165) is 0 Å². The first-order chi connectivity index (χ1) is 8.40. The molecule has 1 aromatic rings. The van der Waals surface area contributed by atoms with Gasteiger partial charge in [-0.25, -0.2) is 0 Å². The van der Waals surface area contributed by atoms with Gasteiger partial charge in [0.15, 0.2) is 0 Å². The standard InChI is InChI=1S/C14H18ClNO2/c1-5-8-14(2,3)13(17)16-10-6-7-12(18-4)11(15)9-10/h5-7,9H,1,8H2,2-4H3,(H,16,17). The van der Waals surface area contributed by atoms with Crippen LogP contribution in [0.1, 0.15) is 20.3 Å². The van der Waals surface area contributed by atoms with Crippen molar-refractivity contribution >= 4 is 23.2 Å². The second-order valence-corrected chi connectivity index (χ2v) is 5.09. The van der Waals surface area contributed by atoms with Gasteiger partial charge in [0.25, 0.3) is 0 Å². The minimum Gasteiger partial charge on any atom is -0.495 e. The number of ether oxygens (including phenoxy) is 1. The van der Waals surface area contributed by atoms with Gasteiger partial charge in [-0.15, -0.1) is 6.58 Å². The fourth-order valence-electron chi connectivity index (χ4n) is 1.50. The fourth-order valence-corrected chi connectivity index (χ4v) is 1.76. The van der Waals surface area contributed by atoms with E-state index in [0.29, 0.717) is 22.9 Å². The third kappa shape index (κ3) is 3.50. The Hall–Kier alpha value is -1.48. The van der Waals surface area contributed by atoms with Gasteiger partial charge in [-0.3, -0.25) is 4.79 Å². The van der Waals surface area contributed by atoms with E-state index in [9.17, 15) is 4.79 Å². The van der Waals surface area contributed by atoms with Crippen molar-refractivity contribution in [1.29, 1.82) is 0 Å². The molecular weight excluding hydrogens is 250 g/mol. The highest BCUT2D eigenvalue weighted by atomic mass is 35.5. The minimum absolute atomic E-state index is 0.0661. The quantitative estimate of drug-likeness (QED) is 0.822. The molecule has 18 heavy (non-hydrogen) atoms. The van der Waals surface area contributed by atoms with E-state index >= 15 is 0 Å². The van der Waals surface area contributed by atoms with Gasteiger partial charge < -0.3 is 10.1 Å². The molecular formula is C14H18ClNO2. The maximum atomic E-state index is 12.1. The molecule has 0 unspecified atom stereocenters. The summed E-state index contributed by atoms with van der Waals surface area (Å²) in [6.45, 7) is 7.39. The van der Waals surface area contributed by atoms with Crippen LogP contribution in [0.4, 0.5) is 5.69 Å². The number of benzene rings is 1. The molecule has 0 aliphatic rings. The van der Waals surface area contributed by atoms with E-state index in [2.05, 4.69) is 11.9 Å². The largest absolute Gasteiger partial charge is 0.495 e. The van der Waals surface area contributed by atoms with Crippen molar-refractivity contribution in [2.45, 2.75) is 20.3 Å². The molecule has 4 heteroatoms. The van der Waals surface area contributed by atoms with Crippen LogP contribution in [0, 0.1) is 5.41 Å². The van der Waals surface area contributed by atoms with Crippen molar-refractivity contribution < 1.29 is 9.53 Å². The highest BCUT2D eigenvalue weighted by Crippen LogP contribution is 2.29. The van der Waals surface area contributed by atoms with Crippen LogP contribution in [0.5, 0.6) is 5.75 Å². The van der Waals surface area contributed by atoms with Gasteiger partial charge in [-0.2, -0.15) is 0 Å². The van der Waals surface area contributed by atoms with E-state index in [1.54, 1.807) is 31.4 Å². The number of methoxy groups -OCH3 is 1. The average molecular weight is 268 g/mol. The number of nitrogens with one attached hydrogen (secondary N) is 1. The summed E-state index contributed by atoms with van der Waals surface area (Å²) in [7, 11) is 1.55. The molecule has 1 amide bonds. The number of hydrogen-bond acceptors (Lipinski definition) is 2. The molecule has 0 bridgehead atoms. The van der Waals surface area contributed by atoms with Crippen LogP contribution in [0.25, 0.3) is 0 Å². The Bertz CT molecular complexity index is 455. The summed E-state index contributed by atoms with van der Waals surface area (Å²) in [6.07, 6.45) is 2.35. The molecule has 0 atom stereocenters. The molecule has 1 N–H and O–H groups in total. The normalized spacial score (nSPS) is 10.9. The maximum absolute atomic E-state index is 12.1. The Morgan fingerprint density at radius 2 is 2.22 bits per heavy atom. The summed E-state index contributed by atoms with van der Waals surface area (Å²) < 4.78 is 5.05. The average Bonchev–Trinajstić information content (AvgIpc) is 2.29. The highest BCUT2D eigenvalue weighted by Gasteiger charge is 2.26. The predicted molar refractivity (Wildman–Crippen MR) is 75.2 cm³/mol. The van der Waals surface area contributed by atoms with Gasteiger partial charge in [-0.1, -0.05) is 31.5 Å². The van der Waals surface area contributed by atoms with Gasteiger partial charge in [-0.05, 0) is 24.6 Å². The lowest BCUT2D eigenvalue weighted by molar-refractivity contribution is -0.123. The van der Waals surface area contributed by atoms with Crippen molar-refractivity contribution in [1.82, 2.24) is 0 Å². The van der Waals surface area contributed by atoms with Crippen LogP contribution in [-0.4, -0.2) is 13.0 Å². The Kier molecular flexibility index (Phi) is 4.79. The van der Waals surface area contributed by atoms with Crippen molar-refractivity contribution in [2.24, 2.45) is 5.41 Å². The van der Waals surface area contributed by atoms with Gasteiger partial charge >= 0.3 is 0 Å². The molecule has 1 rings (SSSR count). The molecule has 0 saturated heterocycles. The molecule has 0 aliphatic heterocycles. The zero-order chi connectivity index (χ0) is 13.8. The molecule has 98 valence electrons. The molecule has 0 aromatic heterocycles. The topological polar surface area (TPSA) is 38.3 Å². The third-order valence-electron chi connectivity index (χ3n) is 2.68. The highest BCUT2D eigenvalue weighted by molar-refractivity contribution is 6.32. The fraction of sp³-hybridized carbons (Fsp3) is 0.357. The smallest absolute Gasteiger partial charge is 0.230 e. The van der Waals surface area contributed by atoms with Gasteiger partial charge in [0.05, 0.1) is 12.1 Å². The first-order valence-electron chi connectivity index (χ1n) is 5.66. The molecule has 0 fully saturated rings. The second kappa shape index (κ2) is 5.91. The first kappa shape index (κ1) is 14.6. The molecule has 0 spiro atoms. The van der Waals surface area contributed by atoms with Crippen molar-refractivity contribution in [2.75, 3.05) is 12.4 Å². The lowest BCUT2D eigenvalue weighted by Crippen LogP contribution is -2.30. The minimum atomic E-state index is -0.492. The van der Waals surface area contributed by atoms with E-state index in [-0.39, 0.29) is 5.91 Å². The Balaban J connectivity index is 2.82. The third-order valence-corrected chi connectivity index (χ3v) is 2.97. The zero-order valence-electron chi connectivity index (χ0n) is 10.9. The summed E-state index contributed by atoms with van der Waals surface area (Å²) >= 11 is 6.00. The summed E-state index contributed by atoms with van der Waals surface area (Å²) in [5.41, 5.74) is 0.164. The number of amides is 1. The van der Waals surface area contributed by atoms with E-state index in [4.69, 9.17) is 16.3 Å². The van der Waals surface area contributed by atoms with Gasteiger partial charge in [0.1, 0.15) is 5.75 Å². The van der Waals surface area contributed by atoms with Crippen LogP contribution in [0.3, 0.4) is 0 Å². The van der Waals surface area contributed by atoms with Gasteiger partial charge in [0, 0.05) is 11.1 Å². The van der Waals surface area contributed by atoms with Crippen molar-refractivity contribution in [3.63, 3.8) is 0 Å². The number of carbonyl (C=O) groups is 1. The Morgan fingerprint density at radius 3 is 2.72 bits per heavy atom. The molecule has 0 heterocycles. The van der Waals surface area contributed by atoms with Crippen LogP contribution in [0.2, 0.25) is 5.02 Å². The van der Waals surface area contributed by atoms with Gasteiger partial charge in [0.2, 0.25) is 5.91 Å². The van der Waals surface area contributed by atoms with Crippen LogP contribution in [0.15, 0.2) is 30.9 Å². The summed E-state index contributed by atoms with van der Waals surface area (Å²) in [5, 5.41) is 3.30. The Morgan fingerprint density at radius 1 is 1.56 bits per heavy atom. The van der Waals surface area contributed by atoms with Crippen molar-refractivity contribution in [3.8, 4) is 5.75 Å². The van der Waals surface area contributed by atoms with E-state index < -0.39 is 5.41 Å². The molecule has 3 nitrogen and oxygen atoms in total. The Labute approximate surface area is 113 Å². The molecule has 1 aromatic carbocycles. The van der Waals surface area contributed by atoms with E-state index in [1.807, 2.05) is 13.8 Å². The van der Waals surface area contributed by atoms with Crippen LogP contribution >= 0.6 is 11.6 Å². The molecule has 0 aliphatic carbocycles. The summed E-state index contributed by atoms with van der Waals surface area (Å²) in [6, 6.07) is 5.15. The molecule has 0 saturated carbocycles. The number of hydrogen-bond donors (Lipinski definition) is 1. The van der Waals surface area contributed by atoms with Crippen LogP contribution < -0.4 is 10.1 Å². The SMILES string of the molecule is C=CCC(C)(C)C(=O)Nc1ccc(OC)c(Cl)c1. The second-order valence-electron chi connectivity index (χ2n) is 4.68.